The van der Waals surface area contributed by atoms with Crippen molar-refractivity contribution in [2.75, 3.05) is 21.6 Å². The van der Waals surface area contributed by atoms with Gasteiger partial charge < -0.3 is 16.2 Å². The average Bonchev–Trinajstić information content (AvgIpc) is 3.59. The molecule has 0 amide bonds. The van der Waals surface area contributed by atoms with Gasteiger partial charge in [0.25, 0.3) is 0 Å². The number of sulfonamides is 1. The molecule has 13 nitrogen and oxygen atoms in total. The number of thiazole rings is 1. The zero-order valence-electron chi connectivity index (χ0n) is 28.4. The number of nitrogens with zero attached hydrogens (tertiary/aromatic N) is 8. The Hall–Kier alpha value is -5.85. The van der Waals surface area contributed by atoms with Crippen LogP contribution in [0.15, 0.2) is 64.8 Å². The van der Waals surface area contributed by atoms with Gasteiger partial charge in [-0.1, -0.05) is 41.2 Å². The summed E-state index contributed by atoms with van der Waals surface area (Å²) in [4.78, 5) is 9.47. The lowest BCUT2D eigenvalue weighted by Gasteiger charge is -2.25. The molecule has 0 bridgehead atoms. The summed E-state index contributed by atoms with van der Waals surface area (Å²) >= 11 is 1.40. The topological polar surface area (TPSA) is 188 Å². The van der Waals surface area contributed by atoms with Crippen LogP contribution in [0.3, 0.4) is 0 Å². The highest BCUT2D eigenvalue weighted by Gasteiger charge is 2.29. The zero-order valence-corrected chi connectivity index (χ0v) is 30.1. The molecular weight excluding hydrogens is 673 g/mol. The van der Waals surface area contributed by atoms with E-state index in [4.69, 9.17) is 15.7 Å². The normalized spacial score (nSPS) is 11.7. The number of rotatable bonds is 8. The summed E-state index contributed by atoms with van der Waals surface area (Å²) in [6, 6.07) is 18.4. The fourth-order valence-electron chi connectivity index (χ4n) is 5.84. The van der Waals surface area contributed by atoms with E-state index in [0.29, 0.717) is 22.0 Å². The number of nitrogens with one attached hydrogen (secondary N) is 1. The summed E-state index contributed by atoms with van der Waals surface area (Å²) in [5.41, 5.74) is 12.8. The van der Waals surface area contributed by atoms with E-state index in [1.807, 2.05) is 57.2 Å². The number of nitrogen functional groups attached to an aromatic ring is 1. The van der Waals surface area contributed by atoms with Gasteiger partial charge >= 0.3 is 0 Å². The molecule has 6 aromatic rings. The Bertz CT molecular complexity index is 2430. The van der Waals surface area contributed by atoms with Gasteiger partial charge in [0.15, 0.2) is 11.6 Å². The van der Waals surface area contributed by atoms with E-state index in [1.165, 1.54) is 28.2 Å². The summed E-state index contributed by atoms with van der Waals surface area (Å²) in [6.07, 6.45) is 1.01. The first-order valence-corrected chi connectivity index (χ1v) is 18.1. The molecule has 254 valence electrons. The Morgan fingerprint density at radius 2 is 1.64 bits per heavy atom. The van der Waals surface area contributed by atoms with Crippen molar-refractivity contribution in [3.63, 3.8) is 0 Å². The standard InChI is InChI=1S/C35H34N10O3S2/c1-18-12-20(3)30(21(4)13-18)40-33-31(22(5)16-29(39-33)45(50(7,47)48)32-25(37)14-19(2)15-27(32)46)41-42-34-24(17-36)23(6)43-44(34)35-38-26-10-8-9-11-28(26)49-35/h8-16,46H,37H2,1-7H3,(H,39,40). The van der Waals surface area contributed by atoms with Gasteiger partial charge in [0.05, 0.1) is 27.9 Å². The number of para-hydroxylation sites is 1. The Labute approximate surface area is 293 Å². The Balaban J connectivity index is 1.57. The van der Waals surface area contributed by atoms with Crippen molar-refractivity contribution in [3.8, 4) is 17.0 Å². The lowest BCUT2D eigenvalue weighted by atomic mass is 10.0. The van der Waals surface area contributed by atoms with Crippen LogP contribution < -0.4 is 15.4 Å². The van der Waals surface area contributed by atoms with Gasteiger partial charge in [-0.25, -0.2) is 22.7 Å². The number of hydrogen-bond acceptors (Lipinski definition) is 12. The minimum absolute atomic E-state index is 0.0344. The van der Waals surface area contributed by atoms with Gasteiger partial charge in [0.2, 0.25) is 15.2 Å². The summed E-state index contributed by atoms with van der Waals surface area (Å²) in [7, 11) is -4.08. The summed E-state index contributed by atoms with van der Waals surface area (Å²) in [5, 5.41) is 38.6. The highest BCUT2D eigenvalue weighted by atomic mass is 32.2. The maximum absolute atomic E-state index is 13.4. The number of pyridine rings is 1. The highest BCUT2D eigenvalue weighted by Crippen LogP contribution is 2.43. The van der Waals surface area contributed by atoms with Crippen LogP contribution in [0.1, 0.15) is 39.1 Å². The Morgan fingerprint density at radius 3 is 2.28 bits per heavy atom. The fraction of sp³-hybridized carbons (Fsp3) is 0.200. The second kappa shape index (κ2) is 12.9. The number of benzene rings is 3. The summed E-state index contributed by atoms with van der Waals surface area (Å²) in [6.45, 7) is 11.1. The summed E-state index contributed by atoms with van der Waals surface area (Å²) < 4.78 is 30.1. The molecule has 4 N–H and O–H groups in total. The van der Waals surface area contributed by atoms with Crippen LogP contribution in [0.4, 0.5) is 40.2 Å². The molecule has 3 aromatic heterocycles. The molecule has 0 aliphatic heterocycles. The molecular formula is C35H34N10O3S2. The molecule has 15 heteroatoms. The predicted octanol–water partition coefficient (Wildman–Crippen LogP) is 8.14. The van der Waals surface area contributed by atoms with Crippen LogP contribution in [0.25, 0.3) is 15.3 Å². The van der Waals surface area contributed by atoms with E-state index < -0.39 is 10.0 Å². The van der Waals surface area contributed by atoms with Crippen LogP contribution in [0, 0.1) is 52.9 Å². The number of anilines is 5. The van der Waals surface area contributed by atoms with Crippen LogP contribution in [-0.2, 0) is 10.0 Å². The quantitative estimate of drug-likeness (QED) is 0.104. The number of aromatic nitrogens is 4. The molecule has 50 heavy (non-hydrogen) atoms. The molecule has 3 aromatic carbocycles. The van der Waals surface area contributed by atoms with Gasteiger partial charge in [-0.2, -0.15) is 15.0 Å². The molecule has 0 atom stereocenters. The first-order valence-electron chi connectivity index (χ1n) is 15.4. The highest BCUT2D eigenvalue weighted by molar-refractivity contribution is 7.92. The maximum Gasteiger partial charge on any atom is 0.238 e. The van der Waals surface area contributed by atoms with Gasteiger partial charge in [-0.3, -0.25) is 0 Å². The molecule has 0 radical (unpaired) electrons. The maximum atomic E-state index is 13.4. The third-order valence-corrected chi connectivity index (χ3v) is 10.00. The lowest BCUT2D eigenvalue weighted by Crippen LogP contribution is -2.27. The first kappa shape index (κ1) is 34.0. The molecule has 0 aliphatic rings. The first-order chi connectivity index (χ1) is 23.7. The third-order valence-electron chi connectivity index (χ3n) is 7.95. The number of nitriles is 1. The SMILES string of the molecule is Cc1cc(C)c(Nc2nc(N(c3c(N)cc(C)cc3O)S(C)(=O)=O)cc(C)c2N=Nc2c(C#N)c(C)nn2-c2nc3ccccc3s2)c(C)c1. The molecule has 0 spiro atoms. The van der Waals surface area contributed by atoms with E-state index in [-0.39, 0.29) is 45.8 Å². The summed E-state index contributed by atoms with van der Waals surface area (Å²) in [5.74, 6) is 0.00128. The van der Waals surface area contributed by atoms with Crippen molar-refractivity contribution < 1.29 is 13.5 Å². The Morgan fingerprint density at radius 1 is 0.960 bits per heavy atom. The molecule has 0 fully saturated rings. The number of aromatic hydroxyl groups is 1. The largest absolute Gasteiger partial charge is 0.506 e. The Kier molecular flexibility index (Phi) is 8.77. The van der Waals surface area contributed by atoms with E-state index >= 15 is 0 Å². The molecule has 3 heterocycles. The lowest BCUT2D eigenvalue weighted by molar-refractivity contribution is 0.476. The second-order valence-corrected chi connectivity index (χ2v) is 15.0. The molecule has 0 saturated carbocycles. The van der Waals surface area contributed by atoms with Crippen molar-refractivity contribution >= 4 is 71.8 Å². The minimum Gasteiger partial charge on any atom is -0.506 e. The molecule has 0 saturated heterocycles. The average molecular weight is 707 g/mol. The van der Waals surface area contributed by atoms with Crippen molar-refractivity contribution in [2.45, 2.75) is 41.5 Å². The van der Waals surface area contributed by atoms with Crippen molar-refractivity contribution in [2.24, 2.45) is 10.2 Å². The number of nitrogens with two attached hydrogens (primary N) is 1. The van der Waals surface area contributed by atoms with Gasteiger partial charge in [0.1, 0.15) is 34.6 Å². The van der Waals surface area contributed by atoms with Crippen molar-refractivity contribution in [3.05, 3.63) is 93.7 Å². The minimum atomic E-state index is -4.08. The second-order valence-electron chi connectivity index (χ2n) is 12.1. The van der Waals surface area contributed by atoms with Crippen LogP contribution in [0.2, 0.25) is 0 Å². The van der Waals surface area contributed by atoms with Crippen molar-refractivity contribution in [1.82, 2.24) is 19.7 Å². The number of aryl methyl sites for hydroxylation is 6. The van der Waals surface area contributed by atoms with E-state index in [9.17, 15) is 18.8 Å². The van der Waals surface area contributed by atoms with Gasteiger partial charge in [-0.15, -0.1) is 10.2 Å². The smallest absolute Gasteiger partial charge is 0.238 e. The van der Waals surface area contributed by atoms with Crippen LogP contribution >= 0.6 is 11.3 Å². The number of fused-ring (bicyclic) bond motifs is 1. The number of hydrogen-bond donors (Lipinski definition) is 3. The van der Waals surface area contributed by atoms with Gasteiger partial charge in [0, 0.05) is 5.69 Å². The third kappa shape index (κ3) is 6.33. The van der Waals surface area contributed by atoms with Crippen LogP contribution in [0.5, 0.6) is 5.75 Å². The fourth-order valence-corrected chi connectivity index (χ4v) is 7.72. The van der Waals surface area contributed by atoms with Crippen LogP contribution in [-0.4, -0.2) is 39.5 Å². The van der Waals surface area contributed by atoms with E-state index in [0.717, 1.165) is 43.2 Å². The molecule has 6 rings (SSSR count). The molecule has 0 unspecified atom stereocenters. The van der Waals surface area contributed by atoms with E-state index in [2.05, 4.69) is 26.7 Å². The monoisotopic (exact) mass is 706 g/mol. The van der Waals surface area contributed by atoms with Gasteiger partial charge in [-0.05, 0) is 94.1 Å². The van der Waals surface area contributed by atoms with E-state index in [1.54, 1.807) is 26.8 Å². The zero-order chi connectivity index (χ0) is 36.1. The number of phenolic OH excluding ortho intramolecular Hbond substituents is 1. The predicted molar refractivity (Wildman–Crippen MR) is 198 cm³/mol. The number of phenols is 1. The van der Waals surface area contributed by atoms with Crippen molar-refractivity contribution in [1.29, 1.82) is 5.26 Å². The molecule has 0 aliphatic carbocycles. The number of azo groups is 1.